The summed E-state index contributed by atoms with van der Waals surface area (Å²) >= 11 is 0. The van der Waals surface area contributed by atoms with Crippen LogP contribution in [0.1, 0.15) is 30.5 Å². The van der Waals surface area contributed by atoms with Gasteiger partial charge in [0, 0.05) is 18.3 Å². The molecule has 1 unspecified atom stereocenters. The molecule has 0 saturated carbocycles. The zero-order valence-electron chi connectivity index (χ0n) is 12.4. The minimum absolute atomic E-state index is 0.341. The molecule has 2 N–H and O–H groups in total. The van der Waals surface area contributed by atoms with Crippen molar-refractivity contribution in [2.45, 2.75) is 25.9 Å². The van der Waals surface area contributed by atoms with E-state index in [4.69, 9.17) is 4.74 Å². The average molecular weight is 282 g/mol. The van der Waals surface area contributed by atoms with Crippen LogP contribution in [0.15, 0.2) is 48.5 Å². The van der Waals surface area contributed by atoms with Crippen molar-refractivity contribution < 1.29 is 4.74 Å². The van der Waals surface area contributed by atoms with Gasteiger partial charge in [-0.25, -0.2) is 0 Å². The summed E-state index contributed by atoms with van der Waals surface area (Å²) in [6.45, 7) is 4.68. The van der Waals surface area contributed by atoms with Crippen LogP contribution in [0.5, 0.6) is 5.75 Å². The summed E-state index contributed by atoms with van der Waals surface area (Å²) in [6.07, 6.45) is 1.08. The molecule has 3 rings (SSSR count). The van der Waals surface area contributed by atoms with Crippen LogP contribution in [0.4, 0.5) is 5.69 Å². The van der Waals surface area contributed by atoms with Crippen molar-refractivity contribution in [3.8, 4) is 5.75 Å². The SMILES string of the molecule is CCOc1cccc(NC2CCNCc3ccccc32)c1. The molecule has 2 aromatic carbocycles. The third-order valence-corrected chi connectivity index (χ3v) is 3.84. The van der Waals surface area contributed by atoms with E-state index in [1.54, 1.807) is 0 Å². The van der Waals surface area contributed by atoms with Gasteiger partial charge in [0.25, 0.3) is 0 Å². The van der Waals surface area contributed by atoms with Crippen LogP contribution < -0.4 is 15.4 Å². The van der Waals surface area contributed by atoms with Crippen molar-refractivity contribution in [2.24, 2.45) is 0 Å². The van der Waals surface area contributed by atoms with E-state index in [0.717, 1.165) is 30.9 Å². The van der Waals surface area contributed by atoms with Crippen molar-refractivity contribution in [3.63, 3.8) is 0 Å². The second-order valence-corrected chi connectivity index (χ2v) is 5.32. The minimum atomic E-state index is 0.341. The first-order valence-electron chi connectivity index (χ1n) is 7.64. The molecule has 3 nitrogen and oxygen atoms in total. The highest BCUT2D eigenvalue weighted by atomic mass is 16.5. The molecular weight excluding hydrogens is 260 g/mol. The highest BCUT2D eigenvalue weighted by molar-refractivity contribution is 5.50. The first-order valence-corrected chi connectivity index (χ1v) is 7.64. The van der Waals surface area contributed by atoms with Crippen molar-refractivity contribution in [2.75, 3.05) is 18.5 Å². The van der Waals surface area contributed by atoms with Gasteiger partial charge in [-0.15, -0.1) is 0 Å². The van der Waals surface area contributed by atoms with Gasteiger partial charge in [0.05, 0.1) is 12.6 Å². The maximum absolute atomic E-state index is 5.58. The smallest absolute Gasteiger partial charge is 0.121 e. The Kier molecular flexibility index (Phi) is 4.41. The topological polar surface area (TPSA) is 33.3 Å². The fraction of sp³-hybridized carbons (Fsp3) is 0.333. The molecule has 1 heterocycles. The van der Waals surface area contributed by atoms with Gasteiger partial charge in [-0.05, 0) is 43.1 Å². The summed E-state index contributed by atoms with van der Waals surface area (Å²) < 4.78 is 5.58. The van der Waals surface area contributed by atoms with Crippen LogP contribution >= 0.6 is 0 Å². The third kappa shape index (κ3) is 3.37. The highest BCUT2D eigenvalue weighted by Gasteiger charge is 2.17. The fourth-order valence-corrected chi connectivity index (χ4v) is 2.85. The summed E-state index contributed by atoms with van der Waals surface area (Å²) in [5, 5.41) is 7.14. The van der Waals surface area contributed by atoms with Gasteiger partial charge in [-0.2, -0.15) is 0 Å². The molecule has 1 aliphatic heterocycles. The predicted octanol–water partition coefficient (Wildman–Crippen LogP) is 3.73. The molecule has 0 aliphatic carbocycles. The summed E-state index contributed by atoms with van der Waals surface area (Å²) in [7, 11) is 0. The minimum Gasteiger partial charge on any atom is -0.494 e. The van der Waals surface area contributed by atoms with Crippen LogP contribution in [-0.4, -0.2) is 13.2 Å². The Labute approximate surface area is 126 Å². The van der Waals surface area contributed by atoms with Gasteiger partial charge >= 0.3 is 0 Å². The first kappa shape index (κ1) is 14.0. The lowest BCUT2D eigenvalue weighted by molar-refractivity contribution is 0.340. The van der Waals surface area contributed by atoms with E-state index < -0.39 is 0 Å². The number of nitrogens with one attached hydrogen (secondary N) is 2. The zero-order chi connectivity index (χ0) is 14.5. The van der Waals surface area contributed by atoms with E-state index in [-0.39, 0.29) is 0 Å². The van der Waals surface area contributed by atoms with E-state index in [9.17, 15) is 0 Å². The summed E-state index contributed by atoms with van der Waals surface area (Å²) in [5.74, 6) is 0.919. The Morgan fingerprint density at radius 2 is 2.10 bits per heavy atom. The molecule has 0 bridgehead atoms. The standard InChI is InChI=1S/C18H22N2O/c1-2-21-16-8-5-7-15(12-16)20-18-10-11-19-13-14-6-3-4-9-17(14)18/h3-9,12,18-20H,2,10-11,13H2,1H3. The van der Waals surface area contributed by atoms with Crippen LogP contribution in [0, 0.1) is 0 Å². The Balaban J connectivity index is 1.82. The largest absolute Gasteiger partial charge is 0.494 e. The van der Waals surface area contributed by atoms with E-state index in [1.165, 1.54) is 11.1 Å². The van der Waals surface area contributed by atoms with Gasteiger partial charge < -0.3 is 15.4 Å². The van der Waals surface area contributed by atoms with Gasteiger partial charge in [-0.1, -0.05) is 30.3 Å². The van der Waals surface area contributed by atoms with Crippen LogP contribution in [0.3, 0.4) is 0 Å². The lowest BCUT2D eigenvalue weighted by Gasteiger charge is -2.20. The molecule has 1 atom stereocenters. The molecule has 1 aliphatic rings. The van der Waals surface area contributed by atoms with Gasteiger partial charge in [0.1, 0.15) is 5.75 Å². The molecule has 21 heavy (non-hydrogen) atoms. The van der Waals surface area contributed by atoms with E-state index in [1.807, 2.05) is 19.1 Å². The summed E-state index contributed by atoms with van der Waals surface area (Å²) in [6, 6.07) is 17.2. The van der Waals surface area contributed by atoms with Crippen molar-refractivity contribution >= 4 is 5.69 Å². The first-order chi connectivity index (χ1) is 10.4. The quantitative estimate of drug-likeness (QED) is 0.896. The molecule has 3 heteroatoms. The molecule has 0 amide bonds. The van der Waals surface area contributed by atoms with Gasteiger partial charge in [0.15, 0.2) is 0 Å². The number of fused-ring (bicyclic) bond motifs is 1. The molecule has 2 aromatic rings. The fourth-order valence-electron chi connectivity index (χ4n) is 2.85. The molecule has 0 fully saturated rings. The Bertz CT molecular complexity index is 597. The number of hydrogen-bond donors (Lipinski definition) is 2. The van der Waals surface area contributed by atoms with Crippen molar-refractivity contribution in [1.82, 2.24) is 5.32 Å². The Morgan fingerprint density at radius 3 is 3.00 bits per heavy atom. The highest BCUT2D eigenvalue weighted by Crippen LogP contribution is 2.28. The maximum atomic E-state index is 5.58. The third-order valence-electron chi connectivity index (χ3n) is 3.84. The average Bonchev–Trinajstić information content (AvgIpc) is 2.71. The number of benzene rings is 2. The van der Waals surface area contributed by atoms with Gasteiger partial charge in [0.2, 0.25) is 0 Å². The summed E-state index contributed by atoms with van der Waals surface area (Å²) in [4.78, 5) is 0. The molecule has 0 saturated heterocycles. The zero-order valence-corrected chi connectivity index (χ0v) is 12.4. The maximum Gasteiger partial charge on any atom is 0.121 e. The second kappa shape index (κ2) is 6.64. The molecular formula is C18H22N2O. The Hall–Kier alpha value is -2.00. The van der Waals surface area contributed by atoms with E-state index in [0.29, 0.717) is 12.6 Å². The normalized spacial score (nSPS) is 17.7. The lowest BCUT2D eigenvalue weighted by atomic mass is 9.99. The second-order valence-electron chi connectivity index (χ2n) is 5.32. The lowest BCUT2D eigenvalue weighted by Crippen LogP contribution is -2.15. The van der Waals surface area contributed by atoms with E-state index in [2.05, 4.69) is 47.0 Å². The monoisotopic (exact) mass is 282 g/mol. The van der Waals surface area contributed by atoms with E-state index >= 15 is 0 Å². The molecule has 0 spiro atoms. The van der Waals surface area contributed by atoms with Gasteiger partial charge in [-0.3, -0.25) is 0 Å². The number of rotatable bonds is 4. The molecule has 0 radical (unpaired) electrons. The predicted molar refractivity (Wildman–Crippen MR) is 86.7 cm³/mol. The number of ether oxygens (including phenoxy) is 1. The molecule has 110 valence electrons. The van der Waals surface area contributed by atoms with Crippen molar-refractivity contribution in [3.05, 3.63) is 59.7 Å². The van der Waals surface area contributed by atoms with Crippen LogP contribution in [0.25, 0.3) is 0 Å². The van der Waals surface area contributed by atoms with Crippen LogP contribution in [-0.2, 0) is 6.54 Å². The number of hydrogen-bond acceptors (Lipinski definition) is 3. The van der Waals surface area contributed by atoms with Crippen LogP contribution in [0.2, 0.25) is 0 Å². The Morgan fingerprint density at radius 1 is 1.19 bits per heavy atom. The number of anilines is 1. The van der Waals surface area contributed by atoms with Crippen molar-refractivity contribution in [1.29, 1.82) is 0 Å². The summed E-state index contributed by atoms with van der Waals surface area (Å²) in [5.41, 5.74) is 3.89. The molecule has 0 aromatic heterocycles.